The van der Waals surface area contributed by atoms with Crippen molar-refractivity contribution in [2.45, 2.75) is 141 Å². The Hall–Kier alpha value is -0.420. The molecule has 0 amide bonds. The molecule has 0 saturated heterocycles. The van der Waals surface area contributed by atoms with E-state index in [0.717, 1.165) is 75.0 Å². The molecule has 0 aromatic carbocycles. The second-order valence-corrected chi connectivity index (χ2v) is 15.0. The van der Waals surface area contributed by atoms with E-state index in [1.54, 1.807) is 0 Å². The zero-order valence-electron chi connectivity index (χ0n) is 23.8. The first-order valence-corrected chi connectivity index (χ1v) is 15.3. The number of fused-ring (bicyclic) bond motifs is 5. The highest BCUT2D eigenvalue weighted by molar-refractivity contribution is 5.29. The highest BCUT2D eigenvalue weighted by atomic mass is 16.5. The van der Waals surface area contributed by atoms with Gasteiger partial charge < -0.3 is 20.1 Å². The van der Waals surface area contributed by atoms with E-state index in [0.29, 0.717) is 17.9 Å². The summed E-state index contributed by atoms with van der Waals surface area (Å²) in [7, 11) is 0. The molecule has 4 fully saturated rings. The molecule has 36 heavy (non-hydrogen) atoms. The fraction of sp³-hybridized carbons (Fsp3) is 0.938. The van der Waals surface area contributed by atoms with E-state index in [9.17, 15) is 15.3 Å². The van der Waals surface area contributed by atoms with Crippen molar-refractivity contribution in [3.05, 3.63) is 11.6 Å². The summed E-state index contributed by atoms with van der Waals surface area (Å²) in [4.78, 5) is 0. The standard InChI is InChI=1S/C32H54O4/c1-21(8-6-15-29(2,3)34)23-11-12-24-22-9-10-26-28(33)27(36-20-32(35)16-7-17-32)14-19-31(26,5)25(22)13-18-30(23,24)4/h10,21-25,27-28,33-35H,6-9,11-20H2,1-5H3/t21-,22+,23-,24+,25+,27+,28-,30-,31-/m1/s1. The van der Waals surface area contributed by atoms with Crippen LogP contribution in [-0.4, -0.2) is 45.3 Å². The van der Waals surface area contributed by atoms with Gasteiger partial charge in [-0.25, -0.2) is 0 Å². The molecule has 206 valence electrons. The van der Waals surface area contributed by atoms with Gasteiger partial charge in [0, 0.05) is 0 Å². The molecular weight excluding hydrogens is 448 g/mol. The zero-order valence-corrected chi connectivity index (χ0v) is 23.8. The van der Waals surface area contributed by atoms with E-state index in [1.165, 1.54) is 37.7 Å². The largest absolute Gasteiger partial charge is 0.390 e. The lowest BCUT2D eigenvalue weighted by atomic mass is 9.46. The van der Waals surface area contributed by atoms with Crippen LogP contribution in [0.2, 0.25) is 0 Å². The number of ether oxygens (including phenoxy) is 1. The van der Waals surface area contributed by atoms with Crippen molar-refractivity contribution >= 4 is 0 Å². The van der Waals surface area contributed by atoms with Crippen molar-refractivity contribution < 1.29 is 20.1 Å². The van der Waals surface area contributed by atoms with Gasteiger partial charge >= 0.3 is 0 Å². The Kier molecular flexibility index (Phi) is 7.28. The maximum Gasteiger partial charge on any atom is 0.102 e. The Bertz CT molecular complexity index is 825. The predicted octanol–water partition coefficient (Wildman–Crippen LogP) is 6.41. The average molecular weight is 503 g/mol. The molecule has 0 aliphatic heterocycles. The lowest BCUT2D eigenvalue weighted by molar-refractivity contribution is -0.147. The first-order valence-electron chi connectivity index (χ1n) is 15.3. The number of hydrogen-bond donors (Lipinski definition) is 3. The van der Waals surface area contributed by atoms with Crippen LogP contribution in [0, 0.1) is 40.4 Å². The normalized spacial score (nSPS) is 44.6. The zero-order chi connectivity index (χ0) is 25.9. The molecule has 4 saturated carbocycles. The molecule has 0 aromatic heterocycles. The van der Waals surface area contributed by atoms with Gasteiger partial charge in [0.05, 0.1) is 23.9 Å². The first kappa shape index (κ1) is 27.2. The van der Waals surface area contributed by atoms with E-state index in [2.05, 4.69) is 26.8 Å². The summed E-state index contributed by atoms with van der Waals surface area (Å²) in [6.07, 6.45) is 16.2. The fourth-order valence-electron chi connectivity index (χ4n) is 9.91. The topological polar surface area (TPSA) is 69.9 Å². The second-order valence-electron chi connectivity index (χ2n) is 15.0. The minimum Gasteiger partial charge on any atom is -0.390 e. The summed E-state index contributed by atoms with van der Waals surface area (Å²) in [5.41, 5.74) is 0.581. The van der Waals surface area contributed by atoms with Gasteiger partial charge in [0.25, 0.3) is 0 Å². The summed E-state index contributed by atoms with van der Waals surface area (Å²) in [5.74, 6) is 3.74. The molecule has 9 atom stereocenters. The number of aliphatic hydroxyl groups excluding tert-OH is 1. The van der Waals surface area contributed by atoms with Gasteiger partial charge in [0.1, 0.15) is 6.10 Å². The van der Waals surface area contributed by atoms with E-state index < -0.39 is 17.3 Å². The van der Waals surface area contributed by atoms with Gasteiger partial charge in [-0.1, -0.05) is 39.7 Å². The van der Waals surface area contributed by atoms with Crippen LogP contribution in [0.4, 0.5) is 0 Å². The fourth-order valence-corrected chi connectivity index (χ4v) is 9.91. The summed E-state index contributed by atoms with van der Waals surface area (Å²) >= 11 is 0. The van der Waals surface area contributed by atoms with Crippen molar-refractivity contribution in [3.63, 3.8) is 0 Å². The second kappa shape index (κ2) is 9.65. The van der Waals surface area contributed by atoms with Crippen molar-refractivity contribution in [1.29, 1.82) is 0 Å². The van der Waals surface area contributed by atoms with Crippen LogP contribution in [0.3, 0.4) is 0 Å². The Labute approximate surface area is 220 Å². The summed E-state index contributed by atoms with van der Waals surface area (Å²) < 4.78 is 6.15. The van der Waals surface area contributed by atoms with Crippen LogP contribution >= 0.6 is 0 Å². The first-order chi connectivity index (χ1) is 16.9. The third-order valence-electron chi connectivity index (χ3n) is 12.2. The summed E-state index contributed by atoms with van der Waals surface area (Å²) in [5, 5.41) is 32.0. The minimum atomic E-state index is -0.648. The van der Waals surface area contributed by atoms with Crippen molar-refractivity contribution in [3.8, 4) is 0 Å². The molecule has 0 unspecified atom stereocenters. The summed E-state index contributed by atoms with van der Waals surface area (Å²) in [6.45, 7) is 11.8. The van der Waals surface area contributed by atoms with Gasteiger partial charge in [-0.05, 0) is 130 Å². The molecule has 5 aliphatic rings. The van der Waals surface area contributed by atoms with Crippen LogP contribution in [0.1, 0.15) is 118 Å². The van der Waals surface area contributed by atoms with E-state index in [4.69, 9.17) is 4.74 Å². The molecule has 4 nitrogen and oxygen atoms in total. The van der Waals surface area contributed by atoms with Crippen LogP contribution in [0.15, 0.2) is 11.6 Å². The molecule has 3 N–H and O–H groups in total. The van der Waals surface area contributed by atoms with Crippen LogP contribution in [0.25, 0.3) is 0 Å². The SMILES string of the molecule is C[C@H](CCCC(C)(C)O)[C@H]1CC[C@H]2[C@@H]3CC=C4[C@@H](O)[C@@H](OCC5(O)CCC5)CC[C@]4(C)[C@H]3CC[C@]12C. The predicted molar refractivity (Wildman–Crippen MR) is 144 cm³/mol. The highest BCUT2D eigenvalue weighted by Crippen LogP contribution is 2.67. The molecular formula is C32H54O4. The van der Waals surface area contributed by atoms with E-state index >= 15 is 0 Å². The molecule has 0 heterocycles. The quantitative estimate of drug-likeness (QED) is 0.335. The van der Waals surface area contributed by atoms with Gasteiger partial charge in [-0.15, -0.1) is 0 Å². The van der Waals surface area contributed by atoms with Crippen LogP contribution < -0.4 is 0 Å². The third kappa shape index (κ3) is 4.75. The number of hydrogen-bond acceptors (Lipinski definition) is 4. The average Bonchev–Trinajstić information content (AvgIpc) is 3.14. The Morgan fingerprint density at radius 1 is 1.06 bits per heavy atom. The van der Waals surface area contributed by atoms with Gasteiger partial charge in [-0.2, -0.15) is 0 Å². The molecule has 0 aromatic rings. The summed E-state index contributed by atoms with van der Waals surface area (Å²) in [6, 6.07) is 0. The third-order valence-corrected chi connectivity index (χ3v) is 12.2. The lowest BCUT2D eigenvalue weighted by Crippen LogP contribution is -2.54. The highest BCUT2D eigenvalue weighted by Gasteiger charge is 2.60. The molecule has 0 bridgehead atoms. The molecule has 4 heteroatoms. The number of aliphatic hydroxyl groups is 3. The molecule has 5 rings (SSSR count). The van der Waals surface area contributed by atoms with Crippen molar-refractivity contribution in [1.82, 2.24) is 0 Å². The molecule has 0 radical (unpaired) electrons. The van der Waals surface area contributed by atoms with E-state index in [1.807, 2.05) is 13.8 Å². The Morgan fingerprint density at radius 2 is 1.81 bits per heavy atom. The number of rotatable bonds is 8. The monoisotopic (exact) mass is 502 g/mol. The van der Waals surface area contributed by atoms with Gasteiger partial charge in [0.15, 0.2) is 0 Å². The number of allylic oxidation sites excluding steroid dienone is 1. The maximum atomic E-state index is 11.4. The maximum absolute atomic E-state index is 11.4. The van der Waals surface area contributed by atoms with Crippen LogP contribution in [-0.2, 0) is 4.74 Å². The smallest absolute Gasteiger partial charge is 0.102 e. The molecule has 0 spiro atoms. The van der Waals surface area contributed by atoms with Crippen LogP contribution in [0.5, 0.6) is 0 Å². The van der Waals surface area contributed by atoms with Gasteiger partial charge in [-0.3, -0.25) is 0 Å². The van der Waals surface area contributed by atoms with Crippen molar-refractivity contribution in [2.75, 3.05) is 6.61 Å². The van der Waals surface area contributed by atoms with E-state index in [-0.39, 0.29) is 11.5 Å². The minimum absolute atomic E-state index is 0.0906. The van der Waals surface area contributed by atoms with Gasteiger partial charge in [0.2, 0.25) is 0 Å². The Morgan fingerprint density at radius 3 is 2.47 bits per heavy atom. The van der Waals surface area contributed by atoms with Crippen molar-refractivity contribution in [2.24, 2.45) is 40.4 Å². The lowest BCUT2D eigenvalue weighted by Gasteiger charge is -2.59. The Balaban J connectivity index is 1.26. The molecule has 5 aliphatic carbocycles.